The van der Waals surface area contributed by atoms with Crippen LogP contribution in [0, 0.1) is 11.6 Å². The number of nitrogens with zero attached hydrogens (tertiary/aromatic N) is 3. The first-order valence-electron chi connectivity index (χ1n) is 6.83. The van der Waals surface area contributed by atoms with Gasteiger partial charge in [0.1, 0.15) is 29.2 Å². The fourth-order valence-corrected chi connectivity index (χ4v) is 3.20. The zero-order valence-electron chi connectivity index (χ0n) is 12.2. The first-order chi connectivity index (χ1) is 11.4. The van der Waals surface area contributed by atoms with Gasteiger partial charge in [-0.1, -0.05) is 12.1 Å². The van der Waals surface area contributed by atoms with Gasteiger partial charge in [-0.05, 0) is 29.8 Å². The molecule has 1 N–H and O–H groups in total. The van der Waals surface area contributed by atoms with Crippen LogP contribution in [0.2, 0.25) is 0 Å². The molecule has 6 nitrogen and oxygen atoms in total. The number of halogens is 2. The summed E-state index contributed by atoms with van der Waals surface area (Å²) < 4.78 is 54.8. The zero-order valence-corrected chi connectivity index (χ0v) is 13.0. The molecular formula is C15H12F2N4O2S. The van der Waals surface area contributed by atoms with E-state index in [9.17, 15) is 17.2 Å². The molecule has 124 valence electrons. The van der Waals surface area contributed by atoms with E-state index in [1.807, 2.05) is 0 Å². The van der Waals surface area contributed by atoms with Gasteiger partial charge in [0.15, 0.2) is 0 Å². The first kappa shape index (κ1) is 16.1. The molecule has 0 aliphatic rings. The lowest BCUT2D eigenvalue weighted by Gasteiger charge is -2.09. The van der Waals surface area contributed by atoms with Gasteiger partial charge in [0.2, 0.25) is 0 Å². The Morgan fingerprint density at radius 2 is 1.83 bits per heavy atom. The van der Waals surface area contributed by atoms with E-state index in [0.717, 1.165) is 17.7 Å². The molecule has 1 heterocycles. The van der Waals surface area contributed by atoms with Gasteiger partial charge in [-0.3, -0.25) is 4.72 Å². The summed E-state index contributed by atoms with van der Waals surface area (Å²) in [7, 11) is -4.14. The number of sulfonamides is 1. The number of anilines is 1. The highest BCUT2D eigenvalue weighted by molar-refractivity contribution is 7.92. The molecule has 0 radical (unpaired) electrons. The Labute approximate surface area is 136 Å². The van der Waals surface area contributed by atoms with Gasteiger partial charge in [-0.25, -0.2) is 26.9 Å². The van der Waals surface area contributed by atoms with Crippen LogP contribution < -0.4 is 4.72 Å². The molecule has 0 unspecified atom stereocenters. The summed E-state index contributed by atoms with van der Waals surface area (Å²) in [5.74, 6) is -1.99. The van der Waals surface area contributed by atoms with E-state index < -0.39 is 26.6 Å². The minimum Gasteiger partial charge on any atom is -0.280 e. The predicted octanol–water partition coefficient (Wildman–Crippen LogP) is 2.41. The van der Waals surface area contributed by atoms with Crippen LogP contribution in [0.1, 0.15) is 5.56 Å². The normalized spacial score (nSPS) is 11.4. The summed E-state index contributed by atoms with van der Waals surface area (Å²) in [5.41, 5.74) is 1.15. The summed E-state index contributed by atoms with van der Waals surface area (Å²) in [4.78, 5) is 3.22. The second-order valence-corrected chi connectivity index (χ2v) is 6.62. The third kappa shape index (κ3) is 3.57. The average molecular weight is 350 g/mol. The highest BCUT2D eigenvalue weighted by atomic mass is 32.2. The maximum absolute atomic E-state index is 13.6. The summed E-state index contributed by atoms with van der Waals surface area (Å²) >= 11 is 0. The Morgan fingerprint density at radius 3 is 2.46 bits per heavy atom. The van der Waals surface area contributed by atoms with E-state index in [1.54, 1.807) is 35.3 Å². The average Bonchev–Trinajstić information content (AvgIpc) is 3.01. The minimum absolute atomic E-state index is 0.265. The standard InChI is InChI=1S/C15H12F2N4O2S/c16-12-3-6-15(14(17)7-12)24(22,23)20-13-4-1-11(2-5-13)8-21-10-18-9-19-21/h1-7,9-10,20H,8H2. The Morgan fingerprint density at radius 1 is 1.08 bits per heavy atom. The summed E-state index contributed by atoms with van der Waals surface area (Å²) in [6.45, 7) is 0.486. The topological polar surface area (TPSA) is 76.9 Å². The molecule has 9 heteroatoms. The fourth-order valence-electron chi connectivity index (χ4n) is 2.08. The maximum atomic E-state index is 13.6. The van der Waals surface area contributed by atoms with Crippen LogP contribution in [0.25, 0.3) is 0 Å². The molecule has 0 aliphatic carbocycles. The Kier molecular flexibility index (Phi) is 4.26. The fraction of sp³-hybridized carbons (Fsp3) is 0.0667. The van der Waals surface area contributed by atoms with Crippen molar-refractivity contribution in [2.24, 2.45) is 0 Å². The number of nitrogens with one attached hydrogen (secondary N) is 1. The van der Waals surface area contributed by atoms with Crippen molar-refractivity contribution in [2.75, 3.05) is 4.72 Å². The van der Waals surface area contributed by atoms with Crippen molar-refractivity contribution in [2.45, 2.75) is 11.4 Å². The molecule has 0 saturated carbocycles. The van der Waals surface area contributed by atoms with Crippen LogP contribution in [0.15, 0.2) is 60.0 Å². The first-order valence-corrected chi connectivity index (χ1v) is 8.31. The lowest BCUT2D eigenvalue weighted by molar-refractivity contribution is 0.551. The van der Waals surface area contributed by atoms with Gasteiger partial charge >= 0.3 is 0 Å². The third-order valence-electron chi connectivity index (χ3n) is 3.20. The van der Waals surface area contributed by atoms with Gasteiger partial charge in [0, 0.05) is 11.8 Å². The molecule has 0 atom stereocenters. The van der Waals surface area contributed by atoms with E-state index in [4.69, 9.17) is 0 Å². The number of hydrogen-bond acceptors (Lipinski definition) is 4. The monoisotopic (exact) mass is 350 g/mol. The van der Waals surface area contributed by atoms with Crippen molar-refractivity contribution in [1.29, 1.82) is 0 Å². The van der Waals surface area contributed by atoms with E-state index in [1.165, 1.54) is 6.33 Å². The summed E-state index contributed by atoms with van der Waals surface area (Å²) in [6, 6.07) is 8.80. The van der Waals surface area contributed by atoms with Crippen LogP contribution in [0.5, 0.6) is 0 Å². The van der Waals surface area contributed by atoms with Crippen molar-refractivity contribution in [3.05, 3.63) is 72.3 Å². The highest BCUT2D eigenvalue weighted by Crippen LogP contribution is 2.20. The minimum atomic E-state index is -4.14. The number of aromatic nitrogens is 3. The molecule has 0 aliphatic heterocycles. The molecule has 0 saturated heterocycles. The second kappa shape index (κ2) is 6.36. The number of benzene rings is 2. The molecule has 3 rings (SSSR count). The second-order valence-electron chi connectivity index (χ2n) is 4.97. The van der Waals surface area contributed by atoms with Gasteiger partial charge in [-0.15, -0.1) is 0 Å². The summed E-state index contributed by atoms with van der Waals surface area (Å²) in [5, 5.41) is 3.97. The van der Waals surface area contributed by atoms with Crippen LogP contribution >= 0.6 is 0 Å². The molecule has 0 amide bonds. The molecule has 24 heavy (non-hydrogen) atoms. The zero-order chi connectivity index (χ0) is 17.2. The third-order valence-corrected chi connectivity index (χ3v) is 4.62. The van der Waals surface area contributed by atoms with E-state index in [2.05, 4.69) is 14.8 Å². The maximum Gasteiger partial charge on any atom is 0.264 e. The predicted molar refractivity (Wildman–Crippen MR) is 82.7 cm³/mol. The largest absolute Gasteiger partial charge is 0.280 e. The quantitative estimate of drug-likeness (QED) is 0.767. The van der Waals surface area contributed by atoms with E-state index in [-0.39, 0.29) is 5.69 Å². The molecule has 0 bridgehead atoms. The van der Waals surface area contributed by atoms with Crippen LogP contribution in [0.4, 0.5) is 14.5 Å². The molecule has 1 aromatic heterocycles. The van der Waals surface area contributed by atoms with Gasteiger partial charge < -0.3 is 0 Å². The van der Waals surface area contributed by atoms with Gasteiger partial charge in [0.25, 0.3) is 10.0 Å². The van der Waals surface area contributed by atoms with Crippen molar-refractivity contribution < 1.29 is 17.2 Å². The smallest absolute Gasteiger partial charge is 0.264 e. The summed E-state index contributed by atoms with van der Waals surface area (Å²) in [6.07, 6.45) is 2.98. The highest BCUT2D eigenvalue weighted by Gasteiger charge is 2.19. The number of hydrogen-bond donors (Lipinski definition) is 1. The number of rotatable bonds is 5. The van der Waals surface area contributed by atoms with Gasteiger partial charge in [-0.2, -0.15) is 5.10 Å². The van der Waals surface area contributed by atoms with Crippen LogP contribution in [-0.4, -0.2) is 23.2 Å². The van der Waals surface area contributed by atoms with E-state index in [0.29, 0.717) is 12.6 Å². The molecule has 2 aromatic carbocycles. The van der Waals surface area contributed by atoms with E-state index >= 15 is 0 Å². The molecule has 0 spiro atoms. The van der Waals surface area contributed by atoms with Gasteiger partial charge in [0.05, 0.1) is 6.54 Å². The van der Waals surface area contributed by atoms with Crippen molar-refractivity contribution >= 4 is 15.7 Å². The Bertz CT molecular complexity index is 942. The Hall–Kier alpha value is -2.81. The van der Waals surface area contributed by atoms with Crippen molar-refractivity contribution in [1.82, 2.24) is 14.8 Å². The lowest BCUT2D eigenvalue weighted by atomic mass is 10.2. The molecule has 3 aromatic rings. The Balaban J connectivity index is 1.77. The molecule has 0 fully saturated rings. The molecular weight excluding hydrogens is 338 g/mol. The SMILES string of the molecule is O=S(=O)(Nc1ccc(Cn2cncn2)cc1)c1ccc(F)cc1F. The van der Waals surface area contributed by atoms with Crippen LogP contribution in [-0.2, 0) is 16.6 Å². The van der Waals surface area contributed by atoms with Crippen molar-refractivity contribution in [3.63, 3.8) is 0 Å². The van der Waals surface area contributed by atoms with Crippen molar-refractivity contribution in [3.8, 4) is 0 Å². The van der Waals surface area contributed by atoms with Crippen LogP contribution in [0.3, 0.4) is 0 Å². The lowest BCUT2D eigenvalue weighted by Crippen LogP contribution is -2.14.